The fourth-order valence-electron chi connectivity index (χ4n) is 4.52. The maximum absolute atomic E-state index is 12.2. The molecule has 6 nitrogen and oxygen atoms in total. The van der Waals surface area contributed by atoms with E-state index in [2.05, 4.69) is 60.0 Å². The molecule has 29 heavy (non-hydrogen) atoms. The van der Waals surface area contributed by atoms with Crippen molar-refractivity contribution < 1.29 is 9.63 Å². The first-order valence-corrected chi connectivity index (χ1v) is 10.0. The smallest absolute Gasteiger partial charge is 0.223 e. The molecule has 0 saturated carbocycles. The monoisotopic (exact) mass is 392 g/mol. The summed E-state index contributed by atoms with van der Waals surface area (Å²) in [6.07, 6.45) is 3.45. The average Bonchev–Trinajstić information content (AvgIpc) is 3.13. The van der Waals surface area contributed by atoms with Gasteiger partial charge in [-0.3, -0.25) is 4.98 Å². The van der Waals surface area contributed by atoms with Crippen LogP contribution in [0, 0.1) is 12.3 Å². The first-order valence-electron chi connectivity index (χ1n) is 10.0. The van der Waals surface area contributed by atoms with Crippen molar-refractivity contribution in [1.29, 1.82) is 0 Å². The van der Waals surface area contributed by atoms with Gasteiger partial charge in [0.1, 0.15) is 5.60 Å². The van der Waals surface area contributed by atoms with Crippen LogP contribution in [0.25, 0.3) is 11.4 Å². The van der Waals surface area contributed by atoms with E-state index in [9.17, 15) is 5.11 Å². The van der Waals surface area contributed by atoms with E-state index in [-0.39, 0.29) is 5.41 Å². The summed E-state index contributed by atoms with van der Waals surface area (Å²) in [5, 5.41) is 16.2. The zero-order chi connectivity index (χ0) is 20.8. The van der Waals surface area contributed by atoms with Crippen LogP contribution in [0.1, 0.15) is 49.3 Å². The van der Waals surface area contributed by atoms with Gasteiger partial charge in [-0.15, -0.1) is 0 Å². The summed E-state index contributed by atoms with van der Waals surface area (Å²) < 4.78 is 5.12. The minimum absolute atomic E-state index is 0.339. The van der Waals surface area contributed by atoms with Gasteiger partial charge in [-0.1, -0.05) is 50.2 Å². The minimum atomic E-state index is -1.18. The number of aromatic nitrogens is 3. The van der Waals surface area contributed by atoms with Crippen LogP contribution in [0.3, 0.4) is 0 Å². The molecule has 1 aliphatic rings. The predicted molar refractivity (Wildman–Crippen MR) is 111 cm³/mol. The van der Waals surface area contributed by atoms with E-state index in [1.807, 2.05) is 18.2 Å². The van der Waals surface area contributed by atoms with Gasteiger partial charge in [0.2, 0.25) is 11.7 Å². The SMILES string of the molecule is Cc1nc(-c2cncc(C(O)(c3ccc(C(C)C)cc3)C3(C)CN(C)C3)c2)no1. The molecule has 1 aliphatic heterocycles. The third-order valence-corrected chi connectivity index (χ3v) is 6.05. The molecule has 1 saturated heterocycles. The van der Waals surface area contributed by atoms with E-state index in [1.54, 1.807) is 19.3 Å². The van der Waals surface area contributed by atoms with Crippen molar-refractivity contribution in [2.24, 2.45) is 5.41 Å². The highest BCUT2D eigenvalue weighted by molar-refractivity contribution is 5.56. The van der Waals surface area contributed by atoms with Gasteiger partial charge in [-0.25, -0.2) is 0 Å². The summed E-state index contributed by atoms with van der Waals surface area (Å²) in [6, 6.07) is 10.2. The van der Waals surface area contributed by atoms with Crippen LogP contribution in [-0.2, 0) is 5.60 Å². The molecular weight excluding hydrogens is 364 g/mol. The normalized spacial score (nSPS) is 18.4. The molecule has 1 atom stereocenters. The van der Waals surface area contributed by atoms with E-state index < -0.39 is 5.60 Å². The van der Waals surface area contributed by atoms with Crippen molar-refractivity contribution in [3.05, 3.63) is 65.3 Å². The van der Waals surface area contributed by atoms with E-state index in [0.29, 0.717) is 17.6 Å². The van der Waals surface area contributed by atoms with Crippen molar-refractivity contribution in [2.45, 2.75) is 39.2 Å². The van der Waals surface area contributed by atoms with Crippen molar-refractivity contribution in [3.63, 3.8) is 0 Å². The number of nitrogens with zero attached hydrogens (tertiary/aromatic N) is 4. The number of pyridine rings is 1. The third kappa shape index (κ3) is 3.26. The summed E-state index contributed by atoms with van der Waals surface area (Å²) in [6.45, 7) is 9.81. The second-order valence-electron chi connectivity index (χ2n) is 8.82. The average molecular weight is 393 g/mol. The van der Waals surface area contributed by atoms with Crippen LogP contribution < -0.4 is 0 Å². The topological polar surface area (TPSA) is 75.3 Å². The number of aryl methyl sites for hydroxylation is 1. The summed E-state index contributed by atoms with van der Waals surface area (Å²) in [4.78, 5) is 10.9. The molecule has 0 aliphatic carbocycles. The van der Waals surface area contributed by atoms with E-state index in [0.717, 1.165) is 29.8 Å². The number of rotatable bonds is 5. The summed E-state index contributed by atoms with van der Waals surface area (Å²) in [5.41, 5.74) is 2.07. The van der Waals surface area contributed by atoms with Gasteiger partial charge in [0.25, 0.3) is 0 Å². The van der Waals surface area contributed by atoms with Gasteiger partial charge < -0.3 is 14.5 Å². The lowest BCUT2D eigenvalue weighted by Crippen LogP contribution is -2.63. The van der Waals surface area contributed by atoms with Crippen LogP contribution in [0.5, 0.6) is 0 Å². The molecule has 1 fully saturated rings. The highest BCUT2D eigenvalue weighted by atomic mass is 16.5. The van der Waals surface area contributed by atoms with Crippen LogP contribution >= 0.6 is 0 Å². The molecule has 152 valence electrons. The number of hydrogen-bond acceptors (Lipinski definition) is 6. The molecule has 3 heterocycles. The Kier molecular flexibility index (Phi) is 4.79. The Morgan fingerprint density at radius 2 is 1.83 bits per heavy atom. The van der Waals surface area contributed by atoms with Crippen molar-refractivity contribution in [2.75, 3.05) is 20.1 Å². The lowest BCUT2D eigenvalue weighted by atomic mass is 9.62. The van der Waals surface area contributed by atoms with Crippen molar-refractivity contribution >= 4 is 0 Å². The first kappa shape index (κ1) is 19.7. The number of aliphatic hydroxyl groups is 1. The zero-order valence-electron chi connectivity index (χ0n) is 17.7. The molecule has 6 heteroatoms. The fourth-order valence-corrected chi connectivity index (χ4v) is 4.52. The fraction of sp³-hybridized carbons (Fsp3) is 0.435. The van der Waals surface area contributed by atoms with Gasteiger partial charge in [0.15, 0.2) is 0 Å². The van der Waals surface area contributed by atoms with Crippen LogP contribution in [0.2, 0.25) is 0 Å². The maximum atomic E-state index is 12.2. The Balaban J connectivity index is 1.83. The lowest BCUT2D eigenvalue weighted by Gasteiger charge is -2.55. The predicted octanol–water partition coefficient (Wildman–Crippen LogP) is 3.75. The molecule has 0 radical (unpaired) electrons. The quantitative estimate of drug-likeness (QED) is 0.713. The lowest BCUT2D eigenvalue weighted by molar-refractivity contribution is -0.127. The van der Waals surface area contributed by atoms with Gasteiger partial charge >= 0.3 is 0 Å². The summed E-state index contributed by atoms with van der Waals surface area (Å²) in [7, 11) is 2.07. The summed E-state index contributed by atoms with van der Waals surface area (Å²) >= 11 is 0. The van der Waals surface area contributed by atoms with Gasteiger partial charge in [0.05, 0.1) is 0 Å². The first-order chi connectivity index (χ1) is 13.7. The van der Waals surface area contributed by atoms with Crippen LogP contribution in [0.15, 0.2) is 47.2 Å². The van der Waals surface area contributed by atoms with Gasteiger partial charge in [-0.05, 0) is 30.2 Å². The molecule has 4 rings (SSSR count). The number of likely N-dealkylation sites (tertiary alicyclic amines) is 1. The molecule has 1 unspecified atom stereocenters. The molecule has 0 bridgehead atoms. The highest BCUT2D eigenvalue weighted by Gasteiger charge is 2.55. The van der Waals surface area contributed by atoms with Crippen LogP contribution in [-0.4, -0.2) is 45.3 Å². The molecule has 1 N–H and O–H groups in total. The maximum Gasteiger partial charge on any atom is 0.223 e. The largest absolute Gasteiger partial charge is 0.380 e. The van der Waals surface area contributed by atoms with E-state index in [4.69, 9.17) is 4.52 Å². The Labute approximate surface area is 171 Å². The van der Waals surface area contributed by atoms with Gasteiger partial charge in [-0.2, -0.15) is 4.98 Å². The van der Waals surface area contributed by atoms with E-state index >= 15 is 0 Å². The molecule has 3 aromatic rings. The van der Waals surface area contributed by atoms with Crippen molar-refractivity contribution in [3.8, 4) is 11.4 Å². The van der Waals surface area contributed by atoms with Crippen LogP contribution in [0.4, 0.5) is 0 Å². The minimum Gasteiger partial charge on any atom is -0.380 e. The number of benzene rings is 1. The Morgan fingerprint density at radius 1 is 1.14 bits per heavy atom. The molecule has 0 amide bonds. The number of hydrogen-bond donors (Lipinski definition) is 1. The zero-order valence-corrected chi connectivity index (χ0v) is 17.7. The van der Waals surface area contributed by atoms with Gasteiger partial charge in [0, 0.05) is 48.9 Å². The molecule has 2 aromatic heterocycles. The highest BCUT2D eigenvalue weighted by Crippen LogP contribution is 2.50. The second kappa shape index (κ2) is 7.04. The third-order valence-electron chi connectivity index (χ3n) is 6.05. The Hall–Kier alpha value is -2.57. The molecule has 0 spiro atoms. The standard InChI is InChI=1S/C23H28N4O2/c1-15(2)17-6-8-19(9-7-17)23(28,22(4)13-27(5)14-22)20-10-18(11-24-12-20)21-25-16(3)29-26-21/h6-12,15,28H,13-14H2,1-5H3. The van der Waals surface area contributed by atoms with E-state index in [1.165, 1.54) is 5.56 Å². The van der Waals surface area contributed by atoms with Crippen molar-refractivity contribution in [1.82, 2.24) is 20.0 Å². The Morgan fingerprint density at radius 3 is 2.38 bits per heavy atom. The molecular formula is C23H28N4O2. The Bertz CT molecular complexity index is 1010. The second-order valence-corrected chi connectivity index (χ2v) is 8.82. The summed E-state index contributed by atoms with van der Waals surface area (Å²) in [5.74, 6) is 1.41. The molecule has 1 aromatic carbocycles.